The first-order valence-electron chi connectivity index (χ1n) is 6.33. The van der Waals surface area contributed by atoms with E-state index in [1.54, 1.807) is 0 Å². The number of hydrogen-bond acceptors (Lipinski definition) is 2. The van der Waals surface area contributed by atoms with E-state index in [1.807, 2.05) is 32.9 Å². The Kier molecular flexibility index (Phi) is 13.4. The van der Waals surface area contributed by atoms with E-state index < -0.39 is 5.41 Å². The minimum Gasteiger partial charge on any atom is -0.541 e. The van der Waals surface area contributed by atoms with E-state index >= 15 is 0 Å². The Hall–Kier alpha value is 0.966. The minimum atomic E-state index is -0.521. The van der Waals surface area contributed by atoms with Crippen LogP contribution in [-0.2, 0) is 14.9 Å². The number of aryl methyl sites for hydroxylation is 1. The van der Waals surface area contributed by atoms with Gasteiger partial charge in [0.05, 0.1) is 0 Å². The maximum Gasteiger partial charge on any atom is 1.00 e. The maximum absolute atomic E-state index is 11.3. The zero-order chi connectivity index (χ0) is 13.6. The molecule has 1 aliphatic rings. The van der Waals surface area contributed by atoms with Crippen molar-refractivity contribution in [3.63, 3.8) is 0 Å². The number of halogens is 1. The molecular weight excluding hydrogens is 343 g/mol. The van der Waals surface area contributed by atoms with Gasteiger partial charge < -0.3 is 17.0 Å². The van der Waals surface area contributed by atoms with Gasteiger partial charge in [-0.1, -0.05) is 41.2 Å². The third-order valence-electron chi connectivity index (χ3n) is 3.04. The monoisotopic (exact) mass is 364 g/mol. The first-order chi connectivity index (χ1) is 8.66. The normalized spacial score (nSPS) is 15.8. The van der Waals surface area contributed by atoms with Gasteiger partial charge in [-0.25, -0.2) is 0 Å². The van der Waals surface area contributed by atoms with Crippen LogP contribution >= 0.6 is 15.9 Å². The Morgan fingerprint density at radius 3 is 2.30 bits per heavy atom. The molecule has 0 aliphatic carbocycles. The van der Waals surface area contributed by atoms with Crippen LogP contribution in [0.4, 0.5) is 0 Å². The van der Waals surface area contributed by atoms with Crippen LogP contribution in [0.2, 0.25) is 0 Å². The molecule has 0 spiro atoms. The summed E-state index contributed by atoms with van der Waals surface area (Å²) in [5, 5.41) is 0. The summed E-state index contributed by atoms with van der Waals surface area (Å²) in [6.45, 7) is 7.25. The van der Waals surface area contributed by atoms with E-state index in [0.717, 1.165) is 15.6 Å². The number of hydrogen-bond donors (Lipinski definition) is 0. The molecule has 0 bridgehead atoms. The minimum absolute atomic E-state index is 0. The SMILES string of the molecule is CC.Cc1cc(Br)[c-]c(C2([C-]=O)CCOCC2)c1.[CH3-].[K+]. The summed E-state index contributed by atoms with van der Waals surface area (Å²) in [4.78, 5) is 11.3. The van der Waals surface area contributed by atoms with Crippen molar-refractivity contribution in [3.05, 3.63) is 41.2 Å². The molecule has 0 saturated carbocycles. The summed E-state index contributed by atoms with van der Waals surface area (Å²) >= 11 is 3.42. The van der Waals surface area contributed by atoms with Crippen LogP contribution in [0.15, 0.2) is 16.6 Å². The van der Waals surface area contributed by atoms with Crippen LogP contribution in [0.1, 0.15) is 37.8 Å². The van der Waals surface area contributed by atoms with E-state index in [1.165, 1.54) is 0 Å². The molecule has 1 aliphatic heterocycles. The third kappa shape index (κ3) is 5.99. The first-order valence-corrected chi connectivity index (χ1v) is 7.13. The Balaban J connectivity index is 0. The Labute approximate surface area is 174 Å². The standard InChI is InChI=1S/C13H13BrO2.C2H6.CH3.K/c1-10-6-11(8-12(14)7-10)13(9-15)2-4-16-5-3-13;1-2;;/h6-7H,2-5H2,1H3;1-2H3;1H3;/q-2;;-1;+1. The summed E-state index contributed by atoms with van der Waals surface area (Å²) in [6.07, 6.45) is 3.60. The molecule has 20 heavy (non-hydrogen) atoms. The maximum atomic E-state index is 11.3. The van der Waals surface area contributed by atoms with Gasteiger partial charge in [0.15, 0.2) is 0 Å². The molecular formula is C16H22BrKO2-2. The van der Waals surface area contributed by atoms with Crippen LogP contribution in [0.25, 0.3) is 0 Å². The second-order valence-corrected chi connectivity index (χ2v) is 5.07. The van der Waals surface area contributed by atoms with Crippen molar-refractivity contribution in [3.8, 4) is 0 Å². The molecule has 108 valence electrons. The van der Waals surface area contributed by atoms with Crippen molar-refractivity contribution >= 4 is 22.2 Å². The summed E-state index contributed by atoms with van der Waals surface area (Å²) in [6, 6.07) is 7.21. The van der Waals surface area contributed by atoms with Crippen molar-refractivity contribution in [1.82, 2.24) is 0 Å². The van der Waals surface area contributed by atoms with Gasteiger partial charge in [0.1, 0.15) is 0 Å². The van der Waals surface area contributed by atoms with E-state index in [0.29, 0.717) is 26.1 Å². The largest absolute Gasteiger partial charge is 1.00 e. The van der Waals surface area contributed by atoms with Gasteiger partial charge in [0.25, 0.3) is 0 Å². The summed E-state index contributed by atoms with van der Waals surface area (Å²) in [7, 11) is 0. The van der Waals surface area contributed by atoms with Gasteiger partial charge in [-0.15, -0.1) is 5.41 Å². The van der Waals surface area contributed by atoms with E-state index in [2.05, 4.69) is 28.3 Å². The molecule has 0 aromatic heterocycles. The fourth-order valence-corrected chi connectivity index (χ4v) is 2.65. The molecule has 0 amide bonds. The van der Waals surface area contributed by atoms with Crippen LogP contribution in [0, 0.1) is 20.4 Å². The summed E-state index contributed by atoms with van der Waals surface area (Å²) in [5.74, 6) is 0. The Morgan fingerprint density at radius 2 is 1.85 bits per heavy atom. The van der Waals surface area contributed by atoms with E-state index in [4.69, 9.17) is 4.74 Å². The van der Waals surface area contributed by atoms with Gasteiger partial charge in [-0.2, -0.15) is 29.3 Å². The second-order valence-electron chi connectivity index (χ2n) is 4.22. The second kappa shape index (κ2) is 11.5. The molecule has 1 saturated heterocycles. The molecule has 2 nitrogen and oxygen atoms in total. The predicted octanol–water partition coefficient (Wildman–Crippen LogP) is 1.20. The molecule has 0 atom stereocenters. The van der Waals surface area contributed by atoms with Gasteiger partial charge in [0, 0.05) is 13.2 Å². The predicted molar refractivity (Wildman–Crippen MR) is 82.9 cm³/mol. The first kappa shape index (κ1) is 23.2. The van der Waals surface area contributed by atoms with Crippen molar-refractivity contribution in [2.24, 2.45) is 0 Å². The smallest absolute Gasteiger partial charge is 0.541 e. The number of benzene rings is 1. The molecule has 0 N–H and O–H groups in total. The number of carbonyl (C=O) groups excluding carboxylic acids is 1. The van der Waals surface area contributed by atoms with E-state index in [9.17, 15) is 4.79 Å². The Morgan fingerprint density at radius 1 is 1.30 bits per heavy atom. The van der Waals surface area contributed by atoms with Crippen molar-refractivity contribution in [1.29, 1.82) is 0 Å². The molecule has 1 aromatic carbocycles. The molecule has 1 aromatic rings. The average molecular weight is 365 g/mol. The zero-order valence-electron chi connectivity index (χ0n) is 13.2. The molecule has 4 heteroatoms. The van der Waals surface area contributed by atoms with Gasteiger partial charge in [0.2, 0.25) is 0 Å². The molecule has 1 fully saturated rings. The fourth-order valence-electron chi connectivity index (χ4n) is 2.07. The Bertz CT molecular complexity index is 381. The molecule has 1 heterocycles. The van der Waals surface area contributed by atoms with E-state index in [-0.39, 0.29) is 58.8 Å². The molecule has 0 unspecified atom stereocenters. The topological polar surface area (TPSA) is 26.3 Å². The van der Waals surface area contributed by atoms with Crippen LogP contribution in [0.5, 0.6) is 0 Å². The van der Waals surface area contributed by atoms with Gasteiger partial charge in [-0.3, -0.25) is 6.29 Å². The van der Waals surface area contributed by atoms with Crippen molar-refractivity contribution in [2.75, 3.05) is 13.2 Å². The molecule has 2 rings (SSSR count). The number of ether oxygens (including phenoxy) is 1. The summed E-state index contributed by atoms with van der Waals surface area (Å²) in [5.41, 5.74) is 1.53. The van der Waals surface area contributed by atoms with Crippen LogP contribution in [0.3, 0.4) is 0 Å². The molecule has 0 radical (unpaired) electrons. The van der Waals surface area contributed by atoms with Gasteiger partial charge >= 0.3 is 51.4 Å². The summed E-state index contributed by atoms with van der Waals surface area (Å²) < 4.78 is 6.20. The zero-order valence-corrected chi connectivity index (χ0v) is 17.9. The third-order valence-corrected chi connectivity index (χ3v) is 3.46. The van der Waals surface area contributed by atoms with Crippen LogP contribution < -0.4 is 51.4 Å². The van der Waals surface area contributed by atoms with Crippen LogP contribution in [-0.4, -0.2) is 19.5 Å². The van der Waals surface area contributed by atoms with Crippen molar-refractivity contribution < 1.29 is 60.9 Å². The van der Waals surface area contributed by atoms with Crippen molar-refractivity contribution in [2.45, 2.75) is 39.0 Å². The van der Waals surface area contributed by atoms with Gasteiger partial charge in [-0.05, 0) is 12.8 Å². The fraction of sp³-hybridized carbons (Fsp3) is 0.500. The quantitative estimate of drug-likeness (QED) is 0.582. The average Bonchev–Trinajstić information content (AvgIpc) is 2.41. The number of rotatable bonds is 2.